The van der Waals surface area contributed by atoms with Crippen LogP contribution in [0.25, 0.3) is 0 Å². The largest absolute Gasteiger partial charge is 0.462 e. The second-order valence-electron chi connectivity index (χ2n) is 5.24. The summed E-state index contributed by atoms with van der Waals surface area (Å²) in [6, 6.07) is 11.6. The normalized spacial score (nSPS) is 11.9. The van der Waals surface area contributed by atoms with Gasteiger partial charge in [0.15, 0.2) is 11.5 Å². The maximum Gasteiger partial charge on any atom is 0.338 e. The van der Waals surface area contributed by atoms with E-state index < -0.39 is 0 Å². The maximum atomic E-state index is 12.3. The lowest BCUT2D eigenvalue weighted by Crippen LogP contribution is -2.12. The predicted molar refractivity (Wildman–Crippen MR) is 87.5 cm³/mol. The minimum absolute atomic E-state index is 0.163. The molecule has 24 heavy (non-hydrogen) atoms. The highest BCUT2D eigenvalue weighted by Crippen LogP contribution is 2.32. The molecule has 1 aliphatic rings. The number of carbonyl (C=O) groups excluding carboxylic acids is 2. The van der Waals surface area contributed by atoms with Crippen LogP contribution in [0.2, 0.25) is 0 Å². The molecule has 0 radical (unpaired) electrons. The predicted octanol–water partition coefficient (Wildman–Crippen LogP) is 3.23. The Morgan fingerprint density at radius 3 is 2.50 bits per heavy atom. The first-order valence-electron chi connectivity index (χ1n) is 7.65. The van der Waals surface area contributed by atoms with E-state index in [1.54, 1.807) is 42.5 Å². The molecule has 0 atom stereocenters. The van der Waals surface area contributed by atoms with Gasteiger partial charge in [0.2, 0.25) is 6.79 Å². The number of benzene rings is 2. The van der Waals surface area contributed by atoms with E-state index in [1.807, 2.05) is 6.92 Å². The molecule has 124 valence electrons. The number of hydrogen-bond acceptors (Lipinski definition) is 5. The third kappa shape index (κ3) is 3.48. The van der Waals surface area contributed by atoms with Gasteiger partial charge in [0.05, 0.1) is 12.2 Å². The van der Waals surface area contributed by atoms with Crippen LogP contribution in [-0.4, -0.2) is 25.3 Å². The van der Waals surface area contributed by atoms with Gasteiger partial charge in [0.25, 0.3) is 5.91 Å². The van der Waals surface area contributed by atoms with Crippen LogP contribution in [0.1, 0.15) is 34.1 Å². The summed E-state index contributed by atoms with van der Waals surface area (Å²) in [7, 11) is 0. The summed E-state index contributed by atoms with van der Waals surface area (Å²) in [4.78, 5) is 24.0. The molecule has 0 aliphatic carbocycles. The molecule has 2 aromatic rings. The van der Waals surface area contributed by atoms with Crippen molar-refractivity contribution in [1.82, 2.24) is 0 Å². The Balaban J connectivity index is 1.65. The minimum Gasteiger partial charge on any atom is -0.462 e. The molecule has 6 nitrogen and oxygen atoms in total. The molecule has 6 heteroatoms. The maximum absolute atomic E-state index is 12.3. The van der Waals surface area contributed by atoms with Crippen molar-refractivity contribution in [3.63, 3.8) is 0 Å². The second kappa shape index (κ2) is 7.04. The molecule has 0 saturated heterocycles. The Morgan fingerprint density at radius 2 is 1.75 bits per heavy atom. The van der Waals surface area contributed by atoms with Crippen LogP contribution in [0.3, 0.4) is 0 Å². The SMILES string of the molecule is CCCOC(=O)c1ccc(NC(=O)c2ccc3c(c2)OCO3)cc1. The van der Waals surface area contributed by atoms with Crippen LogP contribution in [-0.2, 0) is 4.74 Å². The fourth-order valence-electron chi connectivity index (χ4n) is 2.21. The van der Waals surface area contributed by atoms with E-state index >= 15 is 0 Å². The summed E-state index contributed by atoms with van der Waals surface area (Å²) in [5, 5.41) is 2.77. The van der Waals surface area contributed by atoms with E-state index in [2.05, 4.69) is 5.32 Å². The fraction of sp³-hybridized carbons (Fsp3) is 0.222. The van der Waals surface area contributed by atoms with Gasteiger partial charge in [-0.05, 0) is 48.9 Å². The number of hydrogen-bond donors (Lipinski definition) is 1. The van der Waals surface area contributed by atoms with Crippen molar-refractivity contribution in [2.45, 2.75) is 13.3 Å². The third-order valence-corrected chi connectivity index (χ3v) is 3.45. The van der Waals surface area contributed by atoms with Crippen LogP contribution in [0.4, 0.5) is 5.69 Å². The molecule has 1 N–H and O–H groups in total. The molecule has 0 unspecified atom stereocenters. The minimum atomic E-state index is -0.370. The van der Waals surface area contributed by atoms with Gasteiger partial charge in [-0.3, -0.25) is 4.79 Å². The summed E-state index contributed by atoms with van der Waals surface area (Å²) in [5.41, 5.74) is 1.50. The standard InChI is InChI=1S/C18H17NO5/c1-2-9-22-18(21)12-3-6-14(7-4-12)19-17(20)13-5-8-15-16(10-13)24-11-23-15/h3-8,10H,2,9,11H2,1H3,(H,19,20). The van der Waals surface area contributed by atoms with Crippen molar-refractivity contribution in [2.24, 2.45) is 0 Å². The molecule has 1 amide bonds. The topological polar surface area (TPSA) is 73.9 Å². The molecule has 2 aromatic carbocycles. The lowest BCUT2D eigenvalue weighted by molar-refractivity contribution is 0.0505. The van der Waals surface area contributed by atoms with Crippen molar-refractivity contribution in [1.29, 1.82) is 0 Å². The molecule has 3 rings (SSSR count). The second-order valence-corrected chi connectivity index (χ2v) is 5.24. The fourth-order valence-corrected chi connectivity index (χ4v) is 2.21. The molecule has 0 aromatic heterocycles. The van der Waals surface area contributed by atoms with E-state index in [1.165, 1.54) is 0 Å². The zero-order chi connectivity index (χ0) is 16.9. The van der Waals surface area contributed by atoms with Crippen LogP contribution in [0.5, 0.6) is 11.5 Å². The van der Waals surface area contributed by atoms with Crippen molar-refractivity contribution >= 4 is 17.6 Å². The first kappa shape index (κ1) is 15.9. The van der Waals surface area contributed by atoms with E-state index in [0.29, 0.717) is 34.9 Å². The Kier molecular flexibility index (Phi) is 4.65. The average Bonchev–Trinajstić information content (AvgIpc) is 3.08. The van der Waals surface area contributed by atoms with Crippen molar-refractivity contribution in [2.75, 3.05) is 18.7 Å². The van der Waals surface area contributed by atoms with E-state index in [9.17, 15) is 9.59 Å². The zero-order valence-corrected chi connectivity index (χ0v) is 13.2. The molecular formula is C18H17NO5. The van der Waals surface area contributed by atoms with Gasteiger partial charge < -0.3 is 19.5 Å². The number of anilines is 1. The van der Waals surface area contributed by atoms with Crippen molar-refractivity contribution < 1.29 is 23.8 Å². The smallest absolute Gasteiger partial charge is 0.338 e. The van der Waals surface area contributed by atoms with Gasteiger partial charge in [0, 0.05) is 11.3 Å². The summed E-state index contributed by atoms with van der Waals surface area (Å²) >= 11 is 0. The van der Waals surface area contributed by atoms with Gasteiger partial charge in [0.1, 0.15) is 0 Å². The first-order valence-corrected chi connectivity index (χ1v) is 7.65. The van der Waals surface area contributed by atoms with Gasteiger partial charge in [-0.1, -0.05) is 6.92 Å². The number of nitrogens with one attached hydrogen (secondary N) is 1. The molecule has 0 saturated carbocycles. The first-order chi connectivity index (χ1) is 11.7. The molecule has 0 fully saturated rings. The van der Waals surface area contributed by atoms with Crippen molar-refractivity contribution in [3.8, 4) is 11.5 Å². The molecule has 1 heterocycles. The summed E-state index contributed by atoms with van der Waals surface area (Å²) < 4.78 is 15.5. The molecular weight excluding hydrogens is 310 g/mol. The number of fused-ring (bicyclic) bond motifs is 1. The summed E-state index contributed by atoms with van der Waals surface area (Å²) in [6.07, 6.45) is 0.773. The number of amides is 1. The van der Waals surface area contributed by atoms with Crippen molar-refractivity contribution in [3.05, 3.63) is 53.6 Å². The number of carbonyl (C=O) groups is 2. The lowest BCUT2D eigenvalue weighted by Gasteiger charge is -2.07. The van der Waals surface area contributed by atoms with Gasteiger partial charge in [-0.25, -0.2) is 4.79 Å². The Bertz CT molecular complexity index is 755. The van der Waals surface area contributed by atoms with Crippen LogP contribution in [0.15, 0.2) is 42.5 Å². The van der Waals surface area contributed by atoms with Gasteiger partial charge in [-0.15, -0.1) is 0 Å². The zero-order valence-electron chi connectivity index (χ0n) is 13.2. The number of esters is 1. The average molecular weight is 327 g/mol. The lowest BCUT2D eigenvalue weighted by atomic mass is 10.1. The van der Waals surface area contributed by atoms with E-state index in [4.69, 9.17) is 14.2 Å². The van der Waals surface area contributed by atoms with Gasteiger partial charge >= 0.3 is 5.97 Å². The number of ether oxygens (including phenoxy) is 3. The Hall–Kier alpha value is -3.02. The molecule has 0 bridgehead atoms. The van der Waals surface area contributed by atoms with E-state index in [0.717, 1.165) is 6.42 Å². The van der Waals surface area contributed by atoms with E-state index in [-0.39, 0.29) is 18.7 Å². The highest BCUT2D eigenvalue weighted by molar-refractivity contribution is 6.04. The van der Waals surface area contributed by atoms with Crippen LogP contribution >= 0.6 is 0 Å². The highest BCUT2D eigenvalue weighted by Gasteiger charge is 2.16. The van der Waals surface area contributed by atoms with Crippen LogP contribution in [0, 0.1) is 0 Å². The quantitative estimate of drug-likeness (QED) is 0.854. The number of rotatable bonds is 5. The molecule has 0 spiro atoms. The molecule has 1 aliphatic heterocycles. The summed E-state index contributed by atoms with van der Waals surface area (Å²) in [5.74, 6) is 0.540. The van der Waals surface area contributed by atoms with Gasteiger partial charge in [-0.2, -0.15) is 0 Å². The summed E-state index contributed by atoms with van der Waals surface area (Å²) in [6.45, 7) is 2.49. The highest BCUT2D eigenvalue weighted by atomic mass is 16.7. The Morgan fingerprint density at radius 1 is 1.04 bits per heavy atom. The van der Waals surface area contributed by atoms with Crippen LogP contribution < -0.4 is 14.8 Å². The Labute approximate surface area is 139 Å². The monoisotopic (exact) mass is 327 g/mol. The third-order valence-electron chi connectivity index (χ3n) is 3.45.